The summed E-state index contributed by atoms with van der Waals surface area (Å²) in [5, 5.41) is 9.01. The Morgan fingerprint density at radius 2 is 1.94 bits per heavy atom. The number of para-hydroxylation sites is 1. The Labute approximate surface area is 94.2 Å². The highest BCUT2D eigenvalue weighted by atomic mass is 16.3. The lowest BCUT2D eigenvalue weighted by molar-refractivity contribution is 0.276. The van der Waals surface area contributed by atoms with Crippen molar-refractivity contribution in [3.63, 3.8) is 0 Å². The second kappa shape index (κ2) is 4.72. The van der Waals surface area contributed by atoms with Gasteiger partial charge in [0.05, 0.1) is 12.3 Å². The fourth-order valence-corrected chi connectivity index (χ4v) is 1.40. The van der Waals surface area contributed by atoms with E-state index >= 15 is 0 Å². The highest BCUT2D eigenvalue weighted by molar-refractivity contribution is 5.55. The van der Waals surface area contributed by atoms with Crippen LogP contribution in [-0.4, -0.2) is 22.1 Å². The van der Waals surface area contributed by atoms with E-state index in [-0.39, 0.29) is 6.61 Å². The van der Waals surface area contributed by atoms with Crippen molar-refractivity contribution in [2.75, 3.05) is 11.9 Å². The van der Waals surface area contributed by atoms with Crippen LogP contribution in [0.3, 0.4) is 0 Å². The summed E-state index contributed by atoms with van der Waals surface area (Å²) in [6, 6.07) is 11.5. The molecule has 4 nitrogen and oxygen atoms in total. The molecule has 0 fully saturated rings. The van der Waals surface area contributed by atoms with Gasteiger partial charge in [0.2, 0.25) is 5.95 Å². The minimum absolute atomic E-state index is 0.0713. The molecule has 16 heavy (non-hydrogen) atoms. The number of rotatable bonds is 3. The third-order valence-corrected chi connectivity index (χ3v) is 2.31. The minimum atomic E-state index is -0.0713. The van der Waals surface area contributed by atoms with Gasteiger partial charge in [-0.3, -0.25) is 0 Å². The highest BCUT2D eigenvalue weighted by Crippen LogP contribution is 2.18. The van der Waals surface area contributed by atoms with E-state index in [4.69, 9.17) is 5.11 Å². The van der Waals surface area contributed by atoms with Crippen molar-refractivity contribution in [1.29, 1.82) is 0 Å². The maximum Gasteiger partial charge on any atom is 0.229 e. The molecule has 82 valence electrons. The van der Waals surface area contributed by atoms with E-state index in [1.165, 1.54) is 0 Å². The van der Waals surface area contributed by atoms with E-state index in [1.807, 2.05) is 42.3 Å². The first kappa shape index (κ1) is 10.6. The van der Waals surface area contributed by atoms with Gasteiger partial charge < -0.3 is 10.0 Å². The zero-order valence-corrected chi connectivity index (χ0v) is 9.04. The molecule has 0 aliphatic carbocycles. The number of aliphatic hydroxyl groups excluding tert-OH is 1. The molecule has 0 aliphatic rings. The number of nitrogens with zero attached hydrogens (tertiary/aromatic N) is 3. The fourth-order valence-electron chi connectivity index (χ4n) is 1.40. The Morgan fingerprint density at radius 3 is 2.62 bits per heavy atom. The first-order valence-electron chi connectivity index (χ1n) is 5.03. The molecule has 4 heteroatoms. The van der Waals surface area contributed by atoms with Crippen LogP contribution in [0.2, 0.25) is 0 Å². The summed E-state index contributed by atoms with van der Waals surface area (Å²) in [7, 11) is 1.89. The molecule has 1 heterocycles. The highest BCUT2D eigenvalue weighted by Gasteiger charge is 2.06. The molecule has 1 aromatic carbocycles. The van der Waals surface area contributed by atoms with Gasteiger partial charge in [-0.25, -0.2) is 9.97 Å². The van der Waals surface area contributed by atoms with Gasteiger partial charge in [0.1, 0.15) is 0 Å². The summed E-state index contributed by atoms with van der Waals surface area (Å²) < 4.78 is 0. The van der Waals surface area contributed by atoms with E-state index in [2.05, 4.69) is 9.97 Å². The monoisotopic (exact) mass is 215 g/mol. The summed E-state index contributed by atoms with van der Waals surface area (Å²) in [4.78, 5) is 10.3. The zero-order chi connectivity index (χ0) is 11.4. The third kappa shape index (κ3) is 2.17. The van der Waals surface area contributed by atoms with Crippen molar-refractivity contribution in [2.45, 2.75) is 6.61 Å². The zero-order valence-electron chi connectivity index (χ0n) is 9.04. The van der Waals surface area contributed by atoms with Crippen molar-refractivity contribution in [3.05, 3.63) is 48.3 Å². The first-order valence-corrected chi connectivity index (χ1v) is 5.03. The van der Waals surface area contributed by atoms with Gasteiger partial charge in [-0.1, -0.05) is 18.2 Å². The van der Waals surface area contributed by atoms with Crippen LogP contribution >= 0.6 is 0 Å². The molecule has 0 radical (unpaired) electrons. The second-order valence-electron chi connectivity index (χ2n) is 3.40. The van der Waals surface area contributed by atoms with Gasteiger partial charge in [0.25, 0.3) is 0 Å². The van der Waals surface area contributed by atoms with Crippen LogP contribution in [0.5, 0.6) is 0 Å². The summed E-state index contributed by atoms with van der Waals surface area (Å²) in [5.74, 6) is 0.581. The number of aliphatic hydroxyl groups is 1. The maximum absolute atomic E-state index is 9.01. The molecule has 1 N–H and O–H groups in total. The van der Waals surface area contributed by atoms with E-state index in [0.29, 0.717) is 11.6 Å². The summed E-state index contributed by atoms with van der Waals surface area (Å²) in [6.07, 6.45) is 1.65. The van der Waals surface area contributed by atoms with Crippen LogP contribution < -0.4 is 4.90 Å². The van der Waals surface area contributed by atoms with E-state index < -0.39 is 0 Å². The Kier molecular flexibility index (Phi) is 3.12. The lowest BCUT2D eigenvalue weighted by atomic mass is 10.3. The Balaban J connectivity index is 2.30. The van der Waals surface area contributed by atoms with Crippen molar-refractivity contribution in [1.82, 2.24) is 9.97 Å². The summed E-state index contributed by atoms with van der Waals surface area (Å²) >= 11 is 0. The lowest BCUT2D eigenvalue weighted by Crippen LogP contribution is -2.13. The van der Waals surface area contributed by atoms with Crippen LogP contribution in [0.1, 0.15) is 5.69 Å². The van der Waals surface area contributed by atoms with Gasteiger partial charge in [-0.2, -0.15) is 0 Å². The van der Waals surface area contributed by atoms with Crippen molar-refractivity contribution < 1.29 is 5.11 Å². The van der Waals surface area contributed by atoms with Crippen LogP contribution in [0.4, 0.5) is 11.6 Å². The molecule has 0 bridgehead atoms. The first-order chi connectivity index (χ1) is 7.81. The lowest BCUT2D eigenvalue weighted by Gasteiger charge is -2.17. The minimum Gasteiger partial charge on any atom is -0.390 e. The van der Waals surface area contributed by atoms with Gasteiger partial charge in [0.15, 0.2) is 0 Å². The number of hydrogen-bond donors (Lipinski definition) is 1. The van der Waals surface area contributed by atoms with Crippen LogP contribution in [0, 0.1) is 0 Å². The summed E-state index contributed by atoms with van der Waals surface area (Å²) in [6.45, 7) is -0.0713. The predicted octanol–water partition coefficient (Wildman–Crippen LogP) is 1.74. The number of benzene rings is 1. The van der Waals surface area contributed by atoms with Gasteiger partial charge in [-0.05, 0) is 18.2 Å². The van der Waals surface area contributed by atoms with Crippen LogP contribution in [0.25, 0.3) is 0 Å². The molecule has 2 rings (SSSR count). The number of anilines is 2. The van der Waals surface area contributed by atoms with Crippen molar-refractivity contribution >= 4 is 11.6 Å². The predicted molar refractivity (Wildman–Crippen MR) is 62.5 cm³/mol. The Hall–Kier alpha value is -1.94. The third-order valence-electron chi connectivity index (χ3n) is 2.31. The molecule has 1 aromatic heterocycles. The van der Waals surface area contributed by atoms with Crippen molar-refractivity contribution in [3.8, 4) is 0 Å². The Bertz CT molecular complexity index is 459. The van der Waals surface area contributed by atoms with E-state index in [0.717, 1.165) is 5.69 Å². The van der Waals surface area contributed by atoms with Crippen molar-refractivity contribution in [2.24, 2.45) is 0 Å². The molecule has 2 aromatic rings. The molecule has 0 unspecified atom stereocenters. The molecular weight excluding hydrogens is 202 g/mol. The number of hydrogen-bond acceptors (Lipinski definition) is 4. The SMILES string of the molecule is CN(c1ccccc1)c1nccc(CO)n1. The topological polar surface area (TPSA) is 49.2 Å². The van der Waals surface area contributed by atoms with Crippen LogP contribution in [-0.2, 0) is 6.61 Å². The normalized spacial score (nSPS) is 10.1. The summed E-state index contributed by atoms with van der Waals surface area (Å²) in [5.41, 5.74) is 1.63. The average Bonchev–Trinajstić information content (AvgIpc) is 2.39. The average molecular weight is 215 g/mol. The molecule has 0 atom stereocenters. The fraction of sp³-hybridized carbons (Fsp3) is 0.167. The quantitative estimate of drug-likeness (QED) is 0.847. The van der Waals surface area contributed by atoms with E-state index in [9.17, 15) is 0 Å². The molecule has 0 aliphatic heterocycles. The van der Waals surface area contributed by atoms with E-state index in [1.54, 1.807) is 12.3 Å². The Morgan fingerprint density at radius 1 is 1.19 bits per heavy atom. The largest absolute Gasteiger partial charge is 0.390 e. The molecule has 0 spiro atoms. The molecule has 0 saturated heterocycles. The van der Waals surface area contributed by atoms with Gasteiger partial charge >= 0.3 is 0 Å². The smallest absolute Gasteiger partial charge is 0.229 e. The maximum atomic E-state index is 9.01. The molecule has 0 amide bonds. The van der Waals surface area contributed by atoms with Crippen LogP contribution in [0.15, 0.2) is 42.6 Å². The number of aromatic nitrogens is 2. The van der Waals surface area contributed by atoms with Gasteiger partial charge in [0, 0.05) is 18.9 Å². The van der Waals surface area contributed by atoms with Gasteiger partial charge in [-0.15, -0.1) is 0 Å². The molecule has 0 saturated carbocycles. The molecular formula is C12H13N3O. The standard InChI is InChI=1S/C12H13N3O/c1-15(11-5-3-2-4-6-11)12-13-8-7-10(9-16)14-12/h2-8,16H,9H2,1H3. The second-order valence-corrected chi connectivity index (χ2v) is 3.40.